The van der Waals surface area contributed by atoms with Crippen molar-refractivity contribution in [1.29, 1.82) is 5.41 Å². The molecule has 29 heavy (non-hydrogen) atoms. The average molecular weight is 433 g/mol. The molecule has 10 heteroatoms. The summed E-state index contributed by atoms with van der Waals surface area (Å²) in [6.07, 6.45) is 3.38. The van der Waals surface area contributed by atoms with Gasteiger partial charge in [0.2, 0.25) is 0 Å². The zero-order valence-corrected chi connectivity index (χ0v) is 16.8. The maximum atomic E-state index is 8.51. The van der Waals surface area contributed by atoms with E-state index in [0.717, 1.165) is 0 Å². The lowest BCUT2D eigenvalue weighted by Gasteiger charge is -2.18. The molecule has 0 radical (unpaired) electrons. The fourth-order valence-corrected chi connectivity index (χ4v) is 3.21. The zero-order valence-electron chi connectivity index (χ0n) is 15.3. The highest BCUT2D eigenvalue weighted by molar-refractivity contribution is 6.35. The minimum atomic E-state index is -0.943. The molecule has 7 N–H and O–H groups in total. The molecule has 0 bridgehead atoms. The summed E-state index contributed by atoms with van der Waals surface area (Å²) in [5.74, 6) is 0.971. The Morgan fingerprint density at radius 3 is 2.45 bits per heavy atom. The minimum absolute atomic E-state index is 0.118. The largest absolute Gasteiger partial charge is 0.493 e. The van der Waals surface area contributed by atoms with Gasteiger partial charge in [0.25, 0.3) is 0 Å². The van der Waals surface area contributed by atoms with Crippen LogP contribution in [-0.4, -0.2) is 22.8 Å². The highest BCUT2D eigenvalue weighted by Crippen LogP contribution is 2.31. The third kappa shape index (κ3) is 4.34. The van der Waals surface area contributed by atoms with Crippen LogP contribution in [0.15, 0.2) is 42.9 Å². The topological polar surface area (TPSA) is 146 Å². The first-order valence-corrected chi connectivity index (χ1v) is 9.07. The summed E-state index contributed by atoms with van der Waals surface area (Å²) in [6, 6.07) is 6.46. The molecule has 0 aliphatic rings. The number of nitrogens with one attached hydrogen (secondary N) is 1. The molecule has 1 aromatic carbocycles. The molecule has 3 aromatic rings. The van der Waals surface area contributed by atoms with E-state index in [1.165, 1.54) is 25.7 Å². The van der Waals surface area contributed by atoms with E-state index in [2.05, 4.69) is 9.97 Å². The van der Waals surface area contributed by atoms with Crippen LogP contribution in [0.1, 0.15) is 22.9 Å². The molecule has 0 fully saturated rings. The van der Waals surface area contributed by atoms with Gasteiger partial charge in [-0.2, -0.15) is 0 Å². The number of nitrogens with zero attached hydrogens (tertiary/aromatic N) is 2. The second kappa shape index (κ2) is 8.52. The van der Waals surface area contributed by atoms with Gasteiger partial charge in [-0.05, 0) is 24.3 Å². The van der Waals surface area contributed by atoms with Crippen LogP contribution in [-0.2, 0) is 0 Å². The van der Waals surface area contributed by atoms with Gasteiger partial charge in [-0.15, -0.1) is 0 Å². The molecule has 150 valence electrons. The van der Waals surface area contributed by atoms with E-state index in [0.29, 0.717) is 33.9 Å². The fourth-order valence-electron chi connectivity index (χ4n) is 2.63. The number of hydrogen-bond donors (Lipinski definition) is 4. The summed E-state index contributed by atoms with van der Waals surface area (Å²) in [7, 11) is 1.47. The highest BCUT2D eigenvalue weighted by Gasteiger charge is 2.18. The average Bonchev–Trinajstić information content (AvgIpc) is 2.69. The normalized spacial score (nSPS) is 11.7. The van der Waals surface area contributed by atoms with Crippen molar-refractivity contribution in [3.8, 4) is 11.5 Å². The summed E-state index contributed by atoms with van der Waals surface area (Å²) in [4.78, 5) is 7.93. The standard InChI is InChI=1S/C19H18Cl2N6O2/c1-28-15-4-9(6-27-18(15)24)17(23)11-5-10(2-3-14(11)22)29-19(25)16-12(20)7-26-8-13(16)21/h2-8,19,23H,22,25H2,1H3,(H2,24,27)/t19-/m0/s1. The van der Waals surface area contributed by atoms with Gasteiger partial charge in [-0.1, -0.05) is 23.2 Å². The maximum Gasteiger partial charge on any atom is 0.177 e. The van der Waals surface area contributed by atoms with Crippen molar-refractivity contribution in [2.75, 3.05) is 18.6 Å². The van der Waals surface area contributed by atoms with Gasteiger partial charge in [-0.3, -0.25) is 16.1 Å². The van der Waals surface area contributed by atoms with Crippen LogP contribution in [0.25, 0.3) is 0 Å². The number of halogens is 2. The number of hydrogen-bond acceptors (Lipinski definition) is 8. The van der Waals surface area contributed by atoms with Crippen LogP contribution in [0, 0.1) is 5.41 Å². The van der Waals surface area contributed by atoms with Crippen LogP contribution in [0.2, 0.25) is 10.0 Å². The van der Waals surface area contributed by atoms with Crippen LogP contribution >= 0.6 is 23.2 Å². The van der Waals surface area contributed by atoms with Gasteiger partial charge in [-0.25, -0.2) is 4.98 Å². The van der Waals surface area contributed by atoms with Crippen LogP contribution in [0.4, 0.5) is 11.5 Å². The summed E-state index contributed by atoms with van der Waals surface area (Å²) < 4.78 is 10.9. The Kier molecular flexibility index (Phi) is 6.07. The first-order valence-electron chi connectivity index (χ1n) is 8.31. The number of pyridine rings is 2. The smallest absolute Gasteiger partial charge is 0.177 e. The number of benzene rings is 1. The minimum Gasteiger partial charge on any atom is -0.493 e. The quantitative estimate of drug-likeness (QED) is 0.265. The number of nitrogen functional groups attached to an aromatic ring is 2. The molecule has 0 saturated carbocycles. The van der Waals surface area contributed by atoms with Crippen molar-refractivity contribution in [2.45, 2.75) is 6.23 Å². The Morgan fingerprint density at radius 2 is 1.79 bits per heavy atom. The number of aromatic nitrogens is 2. The molecule has 0 unspecified atom stereocenters. The lowest BCUT2D eigenvalue weighted by Crippen LogP contribution is -2.19. The van der Waals surface area contributed by atoms with Gasteiger partial charge >= 0.3 is 0 Å². The second-order valence-electron chi connectivity index (χ2n) is 5.99. The van der Waals surface area contributed by atoms with E-state index in [1.54, 1.807) is 24.3 Å². The Labute approximate surface area is 177 Å². The Bertz CT molecular complexity index is 1060. The molecule has 0 aliphatic heterocycles. The zero-order chi connectivity index (χ0) is 21.1. The first-order chi connectivity index (χ1) is 13.8. The molecule has 0 amide bonds. The molecule has 0 spiro atoms. The number of rotatable bonds is 6. The van der Waals surface area contributed by atoms with Gasteiger partial charge in [0.1, 0.15) is 5.75 Å². The first kappa shape index (κ1) is 20.7. The van der Waals surface area contributed by atoms with E-state index in [9.17, 15) is 0 Å². The molecule has 0 saturated heterocycles. The molecule has 0 aliphatic carbocycles. The SMILES string of the molecule is COc1cc(C(=N)c2cc(O[C@H](N)c3c(Cl)cncc3Cl)ccc2N)cnc1N. The van der Waals surface area contributed by atoms with Crippen molar-refractivity contribution in [3.63, 3.8) is 0 Å². The van der Waals surface area contributed by atoms with Gasteiger partial charge < -0.3 is 20.9 Å². The van der Waals surface area contributed by atoms with E-state index in [1.807, 2.05) is 0 Å². The van der Waals surface area contributed by atoms with Gasteiger partial charge in [0.15, 0.2) is 17.8 Å². The number of anilines is 2. The lowest BCUT2D eigenvalue weighted by molar-refractivity contribution is 0.214. The second-order valence-corrected chi connectivity index (χ2v) is 6.81. The van der Waals surface area contributed by atoms with E-state index in [4.69, 9.17) is 55.3 Å². The molecule has 1 atom stereocenters. The van der Waals surface area contributed by atoms with E-state index in [-0.39, 0.29) is 21.6 Å². The number of nitrogens with two attached hydrogens (primary N) is 3. The van der Waals surface area contributed by atoms with Crippen molar-refractivity contribution >= 4 is 40.4 Å². The highest BCUT2D eigenvalue weighted by atomic mass is 35.5. The fraction of sp³-hybridized carbons (Fsp3) is 0.105. The van der Waals surface area contributed by atoms with Crippen LogP contribution in [0.5, 0.6) is 11.5 Å². The Balaban J connectivity index is 1.91. The third-order valence-corrected chi connectivity index (χ3v) is 4.72. The summed E-state index contributed by atoms with van der Waals surface area (Å²) in [5, 5.41) is 9.08. The molecule has 2 aromatic heterocycles. The summed E-state index contributed by atoms with van der Waals surface area (Å²) in [5.41, 5.74) is 19.7. The van der Waals surface area contributed by atoms with E-state index >= 15 is 0 Å². The van der Waals surface area contributed by atoms with Crippen molar-refractivity contribution in [3.05, 3.63) is 69.6 Å². The molecule has 2 heterocycles. The predicted molar refractivity (Wildman–Crippen MR) is 114 cm³/mol. The molecule has 3 rings (SSSR count). The Morgan fingerprint density at radius 1 is 1.10 bits per heavy atom. The van der Waals surface area contributed by atoms with Crippen molar-refractivity contribution < 1.29 is 9.47 Å². The van der Waals surface area contributed by atoms with Crippen LogP contribution in [0.3, 0.4) is 0 Å². The van der Waals surface area contributed by atoms with Crippen molar-refractivity contribution in [1.82, 2.24) is 9.97 Å². The number of methoxy groups -OCH3 is 1. The van der Waals surface area contributed by atoms with E-state index < -0.39 is 6.23 Å². The van der Waals surface area contributed by atoms with Crippen molar-refractivity contribution in [2.24, 2.45) is 5.73 Å². The van der Waals surface area contributed by atoms with Crippen LogP contribution < -0.4 is 26.7 Å². The van der Waals surface area contributed by atoms with Gasteiger partial charge in [0.05, 0.1) is 22.9 Å². The summed E-state index contributed by atoms with van der Waals surface area (Å²) in [6.45, 7) is 0. The molecular formula is C19H18Cl2N6O2. The van der Waals surface area contributed by atoms with Gasteiger partial charge in [0, 0.05) is 41.0 Å². The summed E-state index contributed by atoms with van der Waals surface area (Å²) >= 11 is 12.3. The Hall–Kier alpha value is -3.07. The lowest BCUT2D eigenvalue weighted by atomic mass is 10.0. The third-order valence-electron chi connectivity index (χ3n) is 4.12. The maximum absolute atomic E-state index is 8.51. The predicted octanol–water partition coefficient (Wildman–Crippen LogP) is 3.41. The number of ether oxygens (including phenoxy) is 2. The molecular weight excluding hydrogens is 415 g/mol. The molecule has 8 nitrogen and oxygen atoms in total. The monoisotopic (exact) mass is 432 g/mol.